The number of benzene rings is 3. The highest BCUT2D eigenvalue weighted by molar-refractivity contribution is 5.91. The van der Waals surface area contributed by atoms with Gasteiger partial charge in [0.1, 0.15) is 6.61 Å². The second-order valence-corrected chi connectivity index (χ2v) is 6.64. The first kappa shape index (κ1) is 20.3. The molecule has 0 atom stereocenters. The molecule has 0 aliphatic rings. The summed E-state index contributed by atoms with van der Waals surface area (Å²) in [5, 5.41) is 2.94. The van der Waals surface area contributed by atoms with Gasteiger partial charge in [0.05, 0.1) is 20.2 Å². The zero-order chi connectivity index (χ0) is 20.5. The second-order valence-electron chi connectivity index (χ2n) is 6.64. The number of carbonyl (C=O) groups is 1. The molecule has 0 spiro atoms. The van der Waals surface area contributed by atoms with Crippen LogP contribution in [0.15, 0.2) is 78.9 Å². The number of aryl methyl sites for hydroxylation is 1. The topological polar surface area (TPSA) is 50.8 Å². The maximum absolute atomic E-state index is 12.9. The van der Waals surface area contributed by atoms with Crippen LogP contribution in [0.5, 0.6) is 11.5 Å². The van der Waals surface area contributed by atoms with Crippen molar-refractivity contribution in [1.82, 2.24) is 5.32 Å². The lowest BCUT2D eigenvalue weighted by Gasteiger charge is -2.23. The van der Waals surface area contributed by atoms with Crippen LogP contribution in [0.25, 0.3) is 0 Å². The highest BCUT2D eigenvalue weighted by Gasteiger charge is 2.15. The molecule has 0 radical (unpaired) electrons. The molecule has 5 nitrogen and oxygen atoms in total. The number of carbonyl (C=O) groups excluding carboxylic acids is 1. The number of amides is 2. The third-order valence-electron chi connectivity index (χ3n) is 4.45. The van der Waals surface area contributed by atoms with Gasteiger partial charge in [-0.2, -0.15) is 0 Å². The van der Waals surface area contributed by atoms with Crippen molar-refractivity contribution in [3.63, 3.8) is 0 Å². The summed E-state index contributed by atoms with van der Waals surface area (Å²) in [4.78, 5) is 14.6. The van der Waals surface area contributed by atoms with Crippen molar-refractivity contribution >= 4 is 11.7 Å². The highest BCUT2D eigenvalue weighted by atomic mass is 16.5. The summed E-state index contributed by atoms with van der Waals surface area (Å²) >= 11 is 0. The van der Waals surface area contributed by atoms with Crippen LogP contribution >= 0.6 is 0 Å². The maximum Gasteiger partial charge on any atom is 0.322 e. The van der Waals surface area contributed by atoms with E-state index in [0.29, 0.717) is 31.2 Å². The van der Waals surface area contributed by atoms with E-state index in [9.17, 15) is 4.79 Å². The number of para-hydroxylation sites is 1. The number of hydrogen-bond donors (Lipinski definition) is 1. The van der Waals surface area contributed by atoms with Crippen molar-refractivity contribution in [2.24, 2.45) is 0 Å². The molecule has 29 heavy (non-hydrogen) atoms. The van der Waals surface area contributed by atoms with Crippen LogP contribution in [0.3, 0.4) is 0 Å². The van der Waals surface area contributed by atoms with Crippen LogP contribution < -0.4 is 19.7 Å². The quantitative estimate of drug-likeness (QED) is 0.562. The average molecular weight is 390 g/mol. The Bertz CT molecular complexity index is 914. The predicted molar refractivity (Wildman–Crippen MR) is 116 cm³/mol. The van der Waals surface area contributed by atoms with E-state index in [1.54, 1.807) is 12.0 Å². The summed E-state index contributed by atoms with van der Waals surface area (Å²) in [7, 11) is 1.62. The molecule has 0 unspecified atom stereocenters. The Balaban J connectivity index is 1.60. The van der Waals surface area contributed by atoms with E-state index < -0.39 is 0 Å². The minimum atomic E-state index is -0.167. The summed E-state index contributed by atoms with van der Waals surface area (Å²) < 4.78 is 11.1. The molecular formula is C24H26N2O3. The molecule has 3 aromatic carbocycles. The number of hydrogen-bond acceptors (Lipinski definition) is 3. The zero-order valence-electron chi connectivity index (χ0n) is 16.8. The van der Waals surface area contributed by atoms with Crippen LogP contribution in [0.1, 0.15) is 11.1 Å². The predicted octanol–water partition coefficient (Wildman–Crippen LogP) is 4.80. The number of urea groups is 1. The van der Waals surface area contributed by atoms with Crippen LogP contribution in [0.2, 0.25) is 0 Å². The number of ether oxygens (including phenoxy) is 2. The van der Waals surface area contributed by atoms with E-state index >= 15 is 0 Å². The first-order valence-electron chi connectivity index (χ1n) is 9.59. The Morgan fingerprint density at radius 2 is 1.62 bits per heavy atom. The Morgan fingerprint density at radius 3 is 2.31 bits per heavy atom. The van der Waals surface area contributed by atoms with Gasteiger partial charge in [0.2, 0.25) is 0 Å². The zero-order valence-corrected chi connectivity index (χ0v) is 16.8. The summed E-state index contributed by atoms with van der Waals surface area (Å²) in [6.07, 6.45) is 0. The van der Waals surface area contributed by atoms with Gasteiger partial charge in [-0.1, -0.05) is 54.6 Å². The number of rotatable bonds is 8. The molecule has 0 fully saturated rings. The lowest BCUT2D eigenvalue weighted by Crippen LogP contribution is -2.41. The molecule has 0 aliphatic carbocycles. The fourth-order valence-electron chi connectivity index (χ4n) is 2.96. The molecule has 0 heterocycles. The van der Waals surface area contributed by atoms with Gasteiger partial charge in [-0.25, -0.2) is 4.79 Å². The summed E-state index contributed by atoms with van der Waals surface area (Å²) in [6.45, 7) is 3.22. The van der Waals surface area contributed by atoms with Crippen molar-refractivity contribution in [1.29, 1.82) is 0 Å². The first-order valence-corrected chi connectivity index (χ1v) is 9.59. The molecule has 0 aliphatic heterocycles. The van der Waals surface area contributed by atoms with E-state index in [1.807, 2.05) is 85.8 Å². The van der Waals surface area contributed by atoms with E-state index in [2.05, 4.69) is 5.32 Å². The fraction of sp³-hybridized carbons (Fsp3) is 0.208. The van der Waals surface area contributed by atoms with Gasteiger partial charge in [0.25, 0.3) is 0 Å². The summed E-state index contributed by atoms with van der Waals surface area (Å²) in [5.41, 5.74) is 3.00. The lowest BCUT2D eigenvalue weighted by molar-refractivity contribution is 0.240. The molecule has 5 heteroatoms. The highest BCUT2D eigenvalue weighted by Crippen LogP contribution is 2.27. The van der Waals surface area contributed by atoms with Gasteiger partial charge >= 0.3 is 6.03 Å². The number of nitrogens with zero attached hydrogens (tertiary/aromatic N) is 1. The van der Waals surface area contributed by atoms with Crippen LogP contribution in [0.4, 0.5) is 10.5 Å². The molecule has 2 amide bonds. The molecule has 0 bridgehead atoms. The van der Waals surface area contributed by atoms with E-state index in [4.69, 9.17) is 9.47 Å². The van der Waals surface area contributed by atoms with Gasteiger partial charge in [-0.05, 0) is 42.3 Å². The van der Waals surface area contributed by atoms with Gasteiger partial charge in [-0.3, -0.25) is 4.90 Å². The maximum atomic E-state index is 12.9. The van der Waals surface area contributed by atoms with E-state index in [-0.39, 0.29) is 6.03 Å². The molecule has 0 aromatic heterocycles. The third-order valence-corrected chi connectivity index (χ3v) is 4.45. The molecule has 1 N–H and O–H groups in total. The lowest BCUT2D eigenvalue weighted by atomic mass is 10.2. The minimum absolute atomic E-state index is 0.167. The monoisotopic (exact) mass is 390 g/mol. The van der Waals surface area contributed by atoms with Crippen molar-refractivity contribution < 1.29 is 14.3 Å². The molecule has 0 saturated heterocycles. The molecule has 3 rings (SSSR count). The Morgan fingerprint density at radius 1 is 0.931 bits per heavy atom. The first-order chi connectivity index (χ1) is 14.2. The Labute approximate surface area is 171 Å². The molecule has 0 saturated carbocycles. The SMILES string of the molecule is COc1cc(C)ccc1OCCNC(=O)N(Cc1ccccc1)c1ccccc1. The summed E-state index contributed by atoms with van der Waals surface area (Å²) in [5.74, 6) is 1.35. The number of nitrogens with one attached hydrogen (secondary N) is 1. The average Bonchev–Trinajstić information content (AvgIpc) is 2.77. The van der Waals surface area contributed by atoms with Crippen molar-refractivity contribution in [2.75, 3.05) is 25.2 Å². The summed E-state index contributed by atoms with van der Waals surface area (Å²) in [6, 6.07) is 25.2. The third kappa shape index (κ3) is 5.75. The van der Waals surface area contributed by atoms with Crippen molar-refractivity contribution in [3.8, 4) is 11.5 Å². The van der Waals surface area contributed by atoms with Gasteiger partial charge < -0.3 is 14.8 Å². The second kappa shape index (κ2) is 10.2. The van der Waals surface area contributed by atoms with Crippen LogP contribution in [0, 0.1) is 6.92 Å². The van der Waals surface area contributed by atoms with Gasteiger partial charge in [0, 0.05) is 5.69 Å². The molecule has 3 aromatic rings. The largest absolute Gasteiger partial charge is 0.493 e. The number of anilines is 1. The smallest absolute Gasteiger partial charge is 0.322 e. The van der Waals surface area contributed by atoms with E-state index in [1.165, 1.54) is 0 Å². The fourth-order valence-corrected chi connectivity index (χ4v) is 2.96. The van der Waals surface area contributed by atoms with E-state index in [0.717, 1.165) is 16.8 Å². The van der Waals surface area contributed by atoms with Crippen LogP contribution in [-0.2, 0) is 6.54 Å². The van der Waals surface area contributed by atoms with Crippen LogP contribution in [-0.4, -0.2) is 26.3 Å². The number of methoxy groups -OCH3 is 1. The van der Waals surface area contributed by atoms with Crippen molar-refractivity contribution in [3.05, 3.63) is 90.0 Å². The van der Waals surface area contributed by atoms with Gasteiger partial charge in [0.15, 0.2) is 11.5 Å². The normalized spacial score (nSPS) is 10.3. The molecular weight excluding hydrogens is 364 g/mol. The standard InChI is InChI=1S/C24H26N2O3/c1-19-13-14-22(23(17-19)28-2)29-16-15-25-24(27)26(21-11-7-4-8-12-21)18-20-9-5-3-6-10-20/h3-14,17H,15-16,18H2,1-2H3,(H,25,27). The van der Waals surface area contributed by atoms with Gasteiger partial charge in [-0.15, -0.1) is 0 Å². The minimum Gasteiger partial charge on any atom is -0.493 e. The van der Waals surface area contributed by atoms with Crippen molar-refractivity contribution in [2.45, 2.75) is 13.5 Å². The Kier molecular flexibility index (Phi) is 7.11. The Hall–Kier alpha value is -3.47. The molecule has 150 valence electrons.